The van der Waals surface area contributed by atoms with E-state index >= 15 is 0 Å². The van der Waals surface area contributed by atoms with Crippen LogP contribution in [0.5, 0.6) is 0 Å². The predicted molar refractivity (Wildman–Crippen MR) is 92.8 cm³/mol. The Labute approximate surface area is 147 Å². The molecular weight excluding hydrogens is 320 g/mol. The third kappa shape index (κ3) is 4.27. The summed E-state index contributed by atoms with van der Waals surface area (Å²) in [4.78, 5) is 45.4. The number of aryl methyl sites for hydroxylation is 1. The molecule has 1 saturated carbocycles. The first-order valence-electron chi connectivity index (χ1n) is 9.19. The molecule has 1 aliphatic carbocycles. The lowest BCUT2D eigenvalue weighted by atomic mass is 9.88. The quantitative estimate of drug-likeness (QED) is 0.858. The van der Waals surface area contributed by atoms with Crippen molar-refractivity contribution in [1.82, 2.24) is 20.2 Å². The Hall–Kier alpha value is -2.18. The van der Waals surface area contributed by atoms with Crippen LogP contribution < -0.4 is 10.9 Å². The number of carbonyl (C=O) groups is 2. The van der Waals surface area contributed by atoms with Crippen LogP contribution in [0, 0.1) is 12.8 Å². The minimum Gasteiger partial charge on any atom is -0.349 e. The standard InChI is InChI=1S/C18H26N4O3/c1-12-20-14(10-16(23)21-12)11-19-17(24)15-8-5-9-22(15)18(25)13-6-3-2-4-7-13/h10,13,15H,2-9,11H2,1H3,(H,19,24)(H,20,21,23). The van der Waals surface area contributed by atoms with Crippen molar-refractivity contribution in [3.8, 4) is 0 Å². The zero-order chi connectivity index (χ0) is 17.8. The van der Waals surface area contributed by atoms with Gasteiger partial charge in [-0.1, -0.05) is 19.3 Å². The van der Waals surface area contributed by atoms with Crippen molar-refractivity contribution in [2.75, 3.05) is 6.54 Å². The fourth-order valence-corrected chi connectivity index (χ4v) is 3.91. The number of carbonyl (C=O) groups excluding carboxylic acids is 2. The van der Waals surface area contributed by atoms with Crippen molar-refractivity contribution in [1.29, 1.82) is 0 Å². The van der Waals surface area contributed by atoms with E-state index in [2.05, 4.69) is 15.3 Å². The maximum absolute atomic E-state index is 12.8. The van der Waals surface area contributed by atoms with E-state index in [1.807, 2.05) is 0 Å². The third-order valence-corrected chi connectivity index (χ3v) is 5.15. The summed E-state index contributed by atoms with van der Waals surface area (Å²) in [6.45, 7) is 2.57. The molecule has 0 spiro atoms. The second kappa shape index (κ2) is 7.80. The molecule has 0 aromatic carbocycles. The van der Waals surface area contributed by atoms with E-state index in [4.69, 9.17) is 0 Å². The number of hydrogen-bond acceptors (Lipinski definition) is 4. The van der Waals surface area contributed by atoms with Crippen LogP contribution in [0.15, 0.2) is 10.9 Å². The van der Waals surface area contributed by atoms with E-state index in [0.717, 1.165) is 32.1 Å². The molecule has 1 aliphatic heterocycles. The second-order valence-electron chi connectivity index (χ2n) is 7.06. The first kappa shape index (κ1) is 17.6. The van der Waals surface area contributed by atoms with E-state index in [1.54, 1.807) is 11.8 Å². The van der Waals surface area contributed by atoms with Gasteiger partial charge in [0.15, 0.2) is 0 Å². The van der Waals surface area contributed by atoms with Gasteiger partial charge >= 0.3 is 0 Å². The summed E-state index contributed by atoms with van der Waals surface area (Å²) < 4.78 is 0. The molecule has 2 aliphatic rings. The summed E-state index contributed by atoms with van der Waals surface area (Å²) in [5, 5.41) is 2.84. The number of rotatable bonds is 4. The van der Waals surface area contributed by atoms with Crippen LogP contribution in [0.25, 0.3) is 0 Å². The van der Waals surface area contributed by atoms with Crippen molar-refractivity contribution in [3.63, 3.8) is 0 Å². The van der Waals surface area contributed by atoms with Gasteiger partial charge in [0, 0.05) is 18.5 Å². The highest BCUT2D eigenvalue weighted by Gasteiger charge is 2.37. The molecular formula is C18H26N4O3. The highest BCUT2D eigenvalue weighted by molar-refractivity contribution is 5.89. The van der Waals surface area contributed by atoms with Gasteiger partial charge in [0.2, 0.25) is 11.8 Å². The predicted octanol–water partition coefficient (Wildman–Crippen LogP) is 1.27. The fraction of sp³-hybridized carbons (Fsp3) is 0.667. The number of nitrogens with one attached hydrogen (secondary N) is 2. The Morgan fingerprint density at radius 3 is 2.72 bits per heavy atom. The van der Waals surface area contributed by atoms with Gasteiger partial charge < -0.3 is 15.2 Å². The average molecular weight is 346 g/mol. The minimum atomic E-state index is -0.391. The summed E-state index contributed by atoms with van der Waals surface area (Å²) >= 11 is 0. The summed E-state index contributed by atoms with van der Waals surface area (Å²) in [7, 11) is 0. The Kier molecular flexibility index (Phi) is 5.50. The molecule has 2 heterocycles. The van der Waals surface area contributed by atoms with E-state index in [0.29, 0.717) is 24.5 Å². The van der Waals surface area contributed by atoms with Gasteiger partial charge in [-0.25, -0.2) is 4.98 Å². The SMILES string of the molecule is Cc1nc(CNC(=O)C2CCCN2C(=O)C2CCCCC2)cc(=O)[nH]1. The number of likely N-dealkylation sites (tertiary alicyclic amines) is 1. The molecule has 1 saturated heterocycles. The Bertz CT molecular complexity index is 694. The molecule has 7 heteroatoms. The Morgan fingerprint density at radius 1 is 1.24 bits per heavy atom. The van der Waals surface area contributed by atoms with E-state index in [1.165, 1.54) is 12.5 Å². The van der Waals surface area contributed by atoms with Crippen LogP contribution in [0.2, 0.25) is 0 Å². The number of hydrogen-bond donors (Lipinski definition) is 2. The molecule has 1 unspecified atom stereocenters. The summed E-state index contributed by atoms with van der Waals surface area (Å²) in [5.41, 5.74) is 0.296. The van der Waals surface area contributed by atoms with Crippen LogP contribution in [-0.4, -0.2) is 39.3 Å². The molecule has 2 fully saturated rings. The van der Waals surface area contributed by atoms with E-state index < -0.39 is 6.04 Å². The lowest BCUT2D eigenvalue weighted by molar-refractivity contribution is -0.142. The van der Waals surface area contributed by atoms with Gasteiger partial charge in [0.1, 0.15) is 11.9 Å². The molecule has 7 nitrogen and oxygen atoms in total. The monoisotopic (exact) mass is 346 g/mol. The number of H-pyrrole nitrogens is 1. The fourth-order valence-electron chi connectivity index (χ4n) is 3.91. The summed E-state index contributed by atoms with van der Waals surface area (Å²) in [6, 6.07) is 0.991. The van der Waals surface area contributed by atoms with Crippen LogP contribution in [0.1, 0.15) is 56.5 Å². The largest absolute Gasteiger partial charge is 0.349 e. The normalized spacial score (nSPS) is 21.3. The van der Waals surface area contributed by atoms with Gasteiger partial charge in [-0.15, -0.1) is 0 Å². The highest BCUT2D eigenvalue weighted by Crippen LogP contribution is 2.28. The molecule has 2 N–H and O–H groups in total. The molecule has 1 aromatic heterocycles. The molecule has 3 rings (SSSR count). The molecule has 1 atom stereocenters. The van der Waals surface area contributed by atoms with Crippen molar-refractivity contribution >= 4 is 11.8 Å². The second-order valence-corrected chi connectivity index (χ2v) is 7.06. The number of nitrogens with zero attached hydrogens (tertiary/aromatic N) is 2. The summed E-state index contributed by atoms with van der Waals surface area (Å²) in [5.74, 6) is 0.592. The van der Waals surface area contributed by atoms with Gasteiger partial charge in [-0.05, 0) is 32.6 Å². The first-order chi connectivity index (χ1) is 12.0. The molecule has 2 amide bonds. The van der Waals surface area contributed by atoms with Crippen molar-refractivity contribution in [2.45, 2.75) is 64.5 Å². The van der Waals surface area contributed by atoms with Crippen LogP contribution in [-0.2, 0) is 16.1 Å². The van der Waals surface area contributed by atoms with Gasteiger partial charge in [-0.3, -0.25) is 14.4 Å². The van der Waals surface area contributed by atoms with E-state index in [9.17, 15) is 14.4 Å². The van der Waals surface area contributed by atoms with Crippen LogP contribution in [0.4, 0.5) is 0 Å². The number of aromatic nitrogens is 2. The van der Waals surface area contributed by atoms with E-state index in [-0.39, 0.29) is 29.8 Å². The molecule has 0 radical (unpaired) electrons. The summed E-state index contributed by atoms with van der Waals surface area (Å²) in [6.07, 6.45) is 6.87. The molecule has 136 valence electrons. The number of aromatic amines is 1. The lowest BCUT2D eigenvalue weighted by Gasteiger charge is -2.30. The van der Waals surface area contributed by atoms with Gasteiger partial charge in [0.25, 0.3) is 5.56 Å². The topological polar surface area (TPSA) is 95.2 Å². The molecule has 25 heavy (non-hydrogen) atoms. The van der Waals surface area contributed by atoms with Crippen LogP contribution >= 0.6 is 0 Å². The first-order valence-corrected chi connectivity index (χ1v) is 9.19. The smallest absolute Gasteiger partial charge is 0.251 e. The zero-order valence-electron chi connectivity index (χ0n) is 14.7. The zero-order valence-corrected chi connectivity index (χ0v) is 14.7. The minimum absolute atomic E-state index is 0.0825. The molecule has 0 bridgehead atoms. The Morgan fingerprint density at radius 2 is 2.00 bits per heavy atom. The average Bonchev–Trinajstić information content (AvgIpc) is 3.09. The Balaban J connectivity index is 1.60. The van der Waals surface area contributed by atoms with Crippen molar-refractivity contribution in [2.24, 2.45) is 5.92 Å². The maximum atomic E-state index is 12.8. The maximum Gasteiger partial charge on any atom is 0.251 e. The number of amides is 2. The third-order valence-electron chi connectivity index (χ3n) is 5.15. The lowest BCUT2D eigenvalue weighted by Crippen LogP contribution is -2.48. The van der Waals surface area contributed by atoms with Gasteiger partial charge in [-0.2, -0.15) is 0 Å². The van der Waals surface area contributed by atoms with Crippen molar-refractivity contribution < 1.29 is 9.59 Å². The van der Waals surface area contributed by atoms with Gasteiger partial charge in [0.05, 0.1) is 12.2 Å². The highest BCUT2D eigenvalue weighted by atomic mass is 16.2. The van der Waals surface area contributed by atoms with Crippen LogP contribution in [0.3, 0.4) is 0 Å². The van der Waals surface area contributed by atoms with Crippen molar-refractivity contribution in [3.05, 3.63) is 27.9 Å². The molecule has 1 aromatic rings.